The Morgan fingerprint density at radius 2 is 1.88 bits per heavy atom. The van der Waals surface area contributed by atoms with Crippen LogP contribution in [0.25, 0.3) is 0 Å². The number of rotatable bonds is 2. The summed E-state index contributed by atoms with van der Waals surface area (Å²) in [6, 6.07) is 11.0. The van der Waals surface area contributed by atoms with Crippen LogP contribution in [0.3, 0.4) is 0 Å². The molecule has 0 aliphatic rings. The first kappa shape index (κ1) is 11.4. The van der Waals surface area contributed by atoms with E-state index >= 15 is 0 Å². The Labute approximate surface area is 107 Å². The van der Waals surface area contributed by atoms with Crippen LogP contribution < -0.4 is 5.56 Å². The molecule has 2 rings (SSSR count). The molecule has 0 atom stereocenters. The van der Waals surface area contributed by atoms with Crippen molar-refractivity contribution in [3.8, 4) is 0 Å². The summed E-state index contributed by atoms with van der Waals surface area (Å²) in [4.78, 5) is 11.7. The van der Waals surface area contributed by atoms with Gasteiger partial charge in [0.2, 0.25) is 0 Å². The van der Waals surface area contributed by atoms with Crippen molar-refractivity contribution in [2.24, 2.45) is 0 Å². The van der Waals surface area contributed by atoms with Gasteiger partial charge in [0.05, 0.1) is 11.0 Å². The van der Waals surface area contributed by atoms with Crippen molar-refractivity contribution in [3.05, 3.63) is 68.0 Å². The van der Waals surface area contributed by atoms with Crippen molar-refractivity contribution < 1.29 is 0 Å². The maximum atomic E-state index is 11.7. The van der Waals surface area contributed by atoms with E-state index in [1.165, 1.54) is 0 Å². The van der Waals surface area contributed by atoms with E-state index in [1.54, 1.807) is 16.8 Å². The van der Waals surface area contributed by atoms with Crippen LogP contribution in [0.2, 0.25) is 5.02 Å². The molecule has 16 heavy (non-hydrogen) atoms. The zero-order valence-electron chi connectivity index (χ0n) is 8.36. The number of nitrogens with zero attached hydrogens (tertiary/aromatic N) is 1. The molecule has 0 saturated heterocycles. The molecule has 4 heteroatoms. The van der Waals surface area contributed by atoms with Gasteiger partial charge < -0.3 is 4.57 Å². The van der Waals surface area contributed by atoms with Gasteiger partial charge in [-0.1, -0.05) is 23.7 Å². The smallest absolute Gasteiger partial charge is 0.265 e. The summed E-state index contributed by atoms with van der Waals surface area (Å²) in [6.07, 6.45) is 1.77. The van der Waals surface area contributed by atoms with Crippen molar-refractivity contribution in [3.63, 3.8) is 0 Å². The molecule has 0 radical (unpaired) electrons. The van der Waals surface area contributed by atoms with Gasteiger partial charge in [-0.3, -0.25) is 4.79 Å². The average molecular weight is 299 g/mol. The first-order chi connectivity index (χ1) is 7.66. The standard InChI is InChI=1S/C12H9BrClNO/c13-11-2-1-7-15(12(11)16)8-9-3-5-10(14)6-4-9/h1-7H,8H2. The lowest BCUT2D eigenvalue weighted by molar-refractivity contribution is 0.755. The van der Waals surface area contributed by atoms with Gasteiger partial charge in [-0.05, 0) is 45.8 Å². The highest BCUT2D eigenvalue weighted by Crippen LogP contribution is 2.10. The second kappa shape index (κ2) is 4.85. The van der Waals surface area contributed by atoms with Crippen molar-refractivity contribution >= 4 is 27.5 Å². The van der Waals surface area contributed by atoms with Crippen LogP contribution in [0.1, 0.15) is 5.56 Å². The van der Waals surface area contributed by atoms with Gasteiger partial charge in [0.25, 0.3) is 5.56 Å². The predicted molar refractivity (Wildman–Crippen MR) is 69.0 cm³/mol. The van der Waals surface area contributed by atoms with Gasteiger partial charge in [-0.2, -0.15) is 0 Å². The summed E-state index contributed by atoms with van der Waals surface area (Å²) in [6.45, 7) is 0.551. The zero-order valence-corrected chi connectivity index (χ0v) is 10.7. The molecule has 2 aromatic rings. The lowest BCUT2D eigenvalue weighted by Crippen LogP contribution is -2.20. The Balaban J connectivity index is 2.31. The van der Waals surface area contributed by atoms with Gasteiger partial charge in [0, 0.05) is 11.2 Å². The van der Waals surface area contributed by atoms with E-state index in [2.05, 4.69) is 15.9 Å². The topological polar surface area (TPSA) is 22.0 Å². The summed E-state index contributed by atoms with van der Waals surface area (Å²) >= 11 is 9.01. The van der Waals surface area contributed by atoms with E-state index < -0.39 is 0 Å². The first-order valence-electron chi connectivity index (χ1n) is 4.76. The third-order valence-corrected chi connectivity index (χ3v) is 3.10. The largest absolute Gasteiger partial charge is 0.310 e. The van der Waals surface area contributed by atoms with Crippen LogP contribution in [0.15, 0.2) is 51.9 Å². The number of pyridine rings is 1. The fourth-order valence-corrected chi connectivity index (χ4v) is 1.92. The number of aromatic nitrogens is 1. The molecule has 0 amide bonds. The number of hydrogen-bond donors (Lipinski definition) is 0. The lowest BCUT2D eigenvalue weighted by Gasteiger charge is -2.05. The minimum absolute atomic E-state index is 0.0301. The van der Waals surface area contributed by atoms with Crippen LogP contribution in [0.5, 0.6) is 0 Å². The molecule has 0 N–H and O–H groups in total. The predicted octanol–water partition coefficient (Wildman–Crippen LogP) is 3.31. The highest BCUT2D eigenvalue weighted by molar-refractivity contribution is 9.10. The van der Waals surface area contributed by atoms with E-state index in [0.717, 1.165) is 5.56 Å². The van der Waals surface area contributed by atoms with E-state index in [0.29, 0.717) is 16.0 Å². The molecule has 0 spiro atoms. The van der Waals surface area contributed by atoms with Crippen molar-refractivity contribution in [1.29, 1.82) is 0 Å². The van der Waals surface area contributed by atoms with Crippen LogP contribution in [-0.4, -0.2) is 4.57 Å². The van der Waals surface area contributed by atoms with Crippen LogP contribution >= 0.6 is 27.5 Å². The minimum Gasteiger partial charge on any atom is -0.310 e. The van der Waals surface area contributed by atoms with Gasteiger partial charge in [0.15, 0.2) is 0 Å². The molecule has 82 valence electrons. The molecule has 0 aliphatic heterocycles. The molecule has 0 bridgehead atoms. The maximum Gasteiger partial charge on any atom is 0.265 e. The Morgan fingerprint density at radius 3 is 2.56 bits per heavy atom. The van der Waals surface area contributed by atoms with Gasteiger partial charge in [-0.15, -0.1) is 0 Å². The van der Waals surface area contributed by atoms with Gasteiger partial charge >= 0.3 is 0 Å². The van der Waals surface area contributed by atoms with Gasteiger partial charge in [0.1, 0.15) is 0 Å². The maximum absolute atomic E-state index is 11.7. The molecule has 0 fully saturated rings. The molecule has 1 aromatic carbocycles. The average Bonchev–Trinajstić information content (AvgIpc) is 2.28. The Kier molecular flexibility index (Phi) is 3.46. The monoisotopic (exact) mass is 297 g/mol. The molecule has 0 unspecified atom stereocenters. The van der Waals surface area contributed by atoms with Crippen molar-refractivity contribution in [1.82, 2.24) is 4.57 Å². The van der Waals surface area contributed by atoms with Gasteiger partial charge in [-0.25, -0.2) is 0 Å². The second-order valence-corrected chi connectivity index (χ2v) is 4.71. The SMILES string of the molecule is O=c1c(Br)cccn1Cc1ccc(Cl)cc1. The van der Waals surface area contributed by atoms with Crippen LogP contribution in [0, 0.1) is 0 Å². The van der Waals surface area contributed by atoms with Crippen LogP contribution in [-0.2, 0) is 6.54 Å². The summed E-state index contributed by atoms with van der Waals surface area (Å²) in [5, 5.41) is 0.699. The third kappa shape index (κ3) is 2.54. The molecular weight excluding hydrogens is 289 g/mol. The quantitative estimate of drug-likeness (QED) is 0.834. The Morgan fingerprint density at radius 1 is 1.19 bits per heavy atom. The summed E-state index contributed by atoms with van der Waals surface area (Å²) in [5.74, 6) is 0. The lowest BCUT2D eigenvalue weighted by atomic mass is 10.2. The van der Waals surface area contributed by atoms with E-state index in [4.69, 9.17) is 11.6 Å². The normalized spacial score (nSPS) is 10.4. The molecule has 1 aromatic heterocycles. The molecule has 0 aliphatic carbocycles. The summed E-state index contributed by atoms with van der Waals surface area (Å²) in [7, 11) is 0. The highest BCUT2D eigenvalue weighted by atomic mass is 79.9. The van der Waals surface area contributed by atoms with Crippen molar-refractivity contribution in [2.45, 2.75) is 6.54 Å². The van der Waals surface area contributed by atoms with E-state index in [-0.39, 0.29) is 5.56 Å². The minimum atomic E-state index is -0.0301. The van der Waals surface area contributed by atoms with E-state index in [1.807, 2.05) is 30.3 Å². The molecule has 0 saturated carbocycles. The zero-order chi connectivity index (χ0) is 11.5. The number of benzene rings is 1. The molecule has 2 nitrogen and oxygen atoms in total. The highest BCUT2D eigenvalue weighted by Gasteiger charge is 2.00. The fourth-order valence-electron chi connectivity index (χ4n) is 1.42. The number of hydrogen-bond acceptors (Lipinski definition) is 1. The van der Waals surface area contributed by atoms with Crippen molar-refractivity contribution in [2.75, 3.05) is 0 Å². The molecule has 1 heterocycles. The summed E-state index contributed by atoms with van der Waals surface area (Å²) in [5.41, 5.74) is 1.02. The first-order valence-corrected chi connectivity index (χ1v) is 5.93. The molecular formula is C12H9BrClNO. The van der Waals surface area contributed by atoms with Crippen LogP contribution in [0.4, 0.5) is 0 Å². The number of halogens is 2. The Hall–Kier alpha value is -1.06. The third-order valence-electron chi connectivity index (χ3n) is 2.24. The second-order valence-electron chi connectivity index (χ2n) is 3.42. The Bertz CT molecular complexity index is 548. The fraction of sp³-hybridized carbons (Fsp3) is 0.0833. The summed E-state index contributed by atoms with van der Waals surface area (Å²) < 4.78 is 2.22. The van der Waals surface area contributed by atoms with E-state index in [9.17, 15) is 4.79 Å².